The van der Waals surface area contributed by atoms with Gasteiger partial charge >= 0.3 is 0 Å². The zero-order valence-electron chi connectivity index (χ0n) is 10.1. The topological polar surface area (TPSA) is 60.1 Å². The van der Waals surface area contributed by atoms with Crippen LogP contribution in [0.2, 0.25) is 0 Å². The number of hydrogen-bond donors (Lipinski definition) is 0. The summed E-state index contributed by atoms with van der Waals surface area (Å²) in [7, 11) is 0. The Labute approximate surface area is 108 Å². The number of halogens is 1. The van der Waals surface area contributed by atoms with Gasteiger partial charge in [0.25, 0.3) is 0 Å². The molecule has 1 heterocycles. The van der Waals surface area contributed by atoms with Crippen molar-refractivity contribution in [2.24, 2.45) is 4.99 Å². The number of carbonyl (C=O) groups excluding carboxylic acids is 1. The quantitative estimate of drug-likeness (QED) is 0.626. The zero-order valence-corrected chi connectivity index (χ0v) is 10.1. The fraction of sp³-hybridized carbons (Fsp3) is 0.308. The first-order chi connectivity index (χ1) is 9.25. The third-order valence-electron chi connectivity index (χ3n) is 3.59. The van der Waals surface area contributed by atoms with Crippen LogP contribution in [-0.4, -0.2) is 20.8 Å². The Balaban J connectivity index is 2.02. The third kappa shape index (κ3) is 1.86. The molecule has 0 saturated heterocycles. The maximum atomic E-state index is 14.1. The lowest BCUT2D eigenvalue weighted by Crippen LogP contribution is -2.32. The minimum absolute atomic E-state index is 0.325. The fourth-order valence-electron chi connectivity index (χ4n) is 2.38. The highest BCUT2D eigenvalue weighted by Gasteiger charge is 2.39. The Morgan fingerprint density at radius 3 is 2.79 bits per heavy atom. The Morgan fingerprint density at radius 1 is 1.42 bits per heavy atom. The van der Waals surface area contributed by atoms with Crippen molar-refractivity contribution in [1.82, 2.24) is 14.8 Å². The van der Waals surface area contributed by atoms with Crippen molar-refractivity contribution in [1.29, 1.82) is 0 Å². The highest BCUT2D eigenvalue weighted by atomic mass is 19.1. The Morgan fingerprint density at radius 2 is 2.26 bits per heavy atom. The molecule has 0 N–H and O–H groups in total. The van der Waals surface area contributed by atoms with Crippen molar-refractivity contribution in [2.45, 2.75) is 24.8 Å². The molecule has 3 rings (SSSR count). The molecule has 1 aliphatic rings. The van der Waals surface area contributed by atoms with Crippen LogP contribution in [0.4, 0.5) is 4.39 Å². The standard InChI is InChI=1S/C13H11FN4O/c14-11-6-10(13(16-9-19)4-1-5-13)2-3-12(11)18-8-15-7-17-18/h2-3,6-8H,1,4-5H2. The largest absolute Gasteiger partial charge is 0.235 e. The number of aliphatic imine (C=N–C) groups is 1. The van der Waals surface area contributed by atoms with Crippen LogP contribution in [-0.2, 0) is 10.3 Å². The fourth-order valence-corrected chi connectivity index (χ4v) is 2.38. The van der Waals surface area contributed by atoms with E-state index in [1.165, 1.54) is 23.4 Å². The molecule has 6 heteroatoms. The summed E-state index contributed by atoms with van der Waals surface area (Å²) in [5.41, 5.74) is 0.456. The molecular weight excluding hydrogens is 247 g/mol. The van der Waals surface area contributed by atoms with Crippen LogP contribution in [0.25, 0.3) is 5.69 Å². The highest BCUT2D eigenvalue weighted by Crippen LogP contribution is 2.45. The van der Waals surface area contributed by atoms with E-state index in [-0.39, 0.29) is 0 Å². The molecule has 1 saturated carbocycles. The summed E-state index contributed by atoms with van der Waals surface area (Å²) in [6, 6.07) is 4.82. The number of isocyanates is 1. The van der Waals surface area contributed by atoms with Gasteiger partial charge in [-0.05, 0) is 37.0 Å². The second-order valence-electron chi connectivity index (χ2n) is 4.59. The molecule has 0 radical (unpaired) electrons. The Hall–Kier alpha value is -2.33. The van der Waals surface area contributed by atoms with Crippen molar-refractivity contribution < 1.29 is 9.18 Å². The van der Waals surface area contributed by atoms with Crippen molar-refractivity contribution in [3.05, 3.63) is 42.2 Å². The van der Waals surface area contributed by atoms with E-state index in [2.05, 4.69) is 15.1 Å². The van der Waals surface area contributed by atoms with E-state index >= 15 is 0 Å². The van der Waals surface area contributed by atoms with Gasteiger partial charge < -0.3 is 0 Å². The van der Waals surface area contributed by atoms with Crippen molar-refractivity contribution in [3.63, 3.8) is 0 Å². The molecule has 2 aromatic rings. The average Bonchev–Trinajstić information content (AvgIpc) is 2.87. The monoisotopic (exact) mass is 258 g/mol. The van der Waals surface area contributed by atoms with Gasteiger partial charge in [0.05, 0.1) is 5.54 Å². The molecule has 1 fully saturated rings. The summed E-state index contributed by atoms with van der Waals surface area (Å²) >= 11 is 0. The molecule has 5 nitrogen and oxygen atoms in total. The summed E-state index contributed by atoms with van der Waals surface area (Å²) in [5, 5.41) is 3.89. The number of benzene rings is 1. The molecule has 0 aliphatic heterocycles. The Bertz CT molecular complexity index is 643. The van der Waals surface area contributed by atoms with Crippen LogP contribution >= 0.6 is 0 Å². The molecule has 0 bridgehead atoms. The lowest BCUT2D eigenvalue weighted by atomic mass is 9.72. The van der Waals surface area contributed by atoms with Gasteiger partial charge in [-0.1, -0.05) is 6.07 Å². The van der Waals surface area contributed by atoms with E-state index in [9.17, 15) is 9.18 Å². The summed E-state index contributed by atoms with van der Waals surface area (Å²) < 4.78 is 15.5. The number of hydrogen-bond acceptors (Lipinski definition) is 4. The van der Waals surface area contributed by atoms with Crippen LogP contribution in [0.15, 0.2) is 35.8 Å². The smallest absolute Gasteiger partial charge is 0.223 e. The molecule has 1 aliphatic carbocycles. The van der Waals surface area contributed by atoms with E-state index in [1.807, 2.05) is 0 Å². The number of aromatic nitrogens is 3. The van der Waals surface area contributed by atoms with E-state index in [0.717, 1.165) is 19.3 Å². The minimum Gasteiger partial charge on any atom is -0.223 e. The zero-order chi connectivity index (χ0) is 13.3. The summed E-state index contributed by atoms with van der Waals surface area (Å²) in [4.78, 5) is 18.2. The van der Waals surface area contributed by atoms with Gasteiger partial charge in [0.2, 0.25) is 6.08 Å². The van der Waals surface area contributed by atoms with Crippen LogP contribution < -0.4 is 0 Å². The predicted octanol–water partition coefficient (Wildman–Crippen LogP) is 2.12. The van der Waals surface area contributed by atoms with E-state index < -0.39 is 11.4 Å². The molecule has 1 aromatic heterocycles. The normalized spacial score (nSPS) is 16.5. The lowest BCUT2D eigenvalue weighted by Gasteiger charge is -2.37. The van der Waals surface area contributed by atoms with E-state index in [1.54, 1.807) is 18.2 Å². The van der Waals surface area contributed by atoms with Crippen molar-refractivity contribution in [3.8, 4) is 5.69 Å². The summed E-state index contributed by atoms with van der Waals surface area (Å²) in [6.45, 7) is 0. The van der Waals surface area contributed by atoms with Crippen LogP contribution in [0, 0.1) is 5.82 Å². The first kappa shape index (κ1) is 11.7. The van der Waals surface area contributed by atoms with Gasteiger partial charge in [0.1, 0.15) is 24.2 Å². The lowest BCUT2D eigenvalue weighted by molar-refractivity contribution is 0.255. The molecular formula is C13H11FN4O. The number of nitrogens with zero attached hydrogens (tertiary/aromatic N) is 4. The van der Waals surface area contributed by atoms with Gasteiger partial charge in [-0.2, -0.15) is 10.1 Å². The summed E-state index contributed by atoms with van der Waals surface area (Å²) in [6.07, 6.45) is 6.86. The highest BCUT2D eigenvalue weighted by molar-refractivity contribution is 5.43. The Kier molecular flexibility index (Phi) is 2.72. The van der Waals surface area contributed by atoms with Crippen LogP contribution in [0.3, 0.4) is 0 Å². The molecule has 0 atom stereocenters. The van der Waals surface area contributed by atoms with E-state index in [0.29, 0.717) is 11.3 Å². The predicted molar refractivity (Wildman–Crippen MR) is 65.0 cm³/mol. The van der Waals surface area contributed by atoms with Gasteiger partial charge in [-0.25, -0.2) is 18.9 Å². The molecule has 1 aromatic carbocycles. The molecule has 96 valence electrons. The van der Waals surface area contributed by atoms with Crippen molar-refractivity contribution in [2.75, 3.05) is 0 Å². The maximum Gasteiger partial charge on any atom is 0.235 e. The SMILES string of the molecule is O=C=NC1(c2ccc(-n3cncn3)c(F)c2)CCC1. The molecule has 0 spiro atoms. The van der Waals surface area contributed by atoms with E-state index in [4.69, 9.17) is 0 Å². The average molecular weight is 258 g/mol. The van der Waals surface area contributed by atoms with Gasteiger partial charge in [0.15, 0.2) is 0 Å². The second-order valence-corrected chi connectivity index (χ2v) is 4.59. The minimum atomic E-state index is -0.580. The summed E-state index contributed by atoms with van der Waals surface area (Å²) in [5.74, 6) is -0.407. The first-order valence-electron chi connectivity index (χ1n) is 5.99. The third-order valence-corrected chi connectivity index (χ3v) is 3.59. The molecule has 0 amide bonds. The maximum absolute atomic E-state index is 14.1. The van der Waals surface area contributed by atoms with Crippen molar-refractivity contribution >= 4 is 6.08 Å². The molecule has 0 unspecified atom stereocenters. The van der Waals surface area contributed by atoms with Gasteiger partial charge in [-0.3, -0.25) is 0 Å². The molecule has 19 heavy (non-hydrogen) atoms. The second kappa shape index (κ2) is 4.40. The van der Waals surface area contributed by atoms with Crippen LogP contribution in [0.5, 0.6) is 0 Å². The van der Waals surface area contributed by atoms with Crippen LogP contribution in [0.1, 0.15) is 24.8 Å². The number of rotatable bonds is 3. The first-order valence-corrected chi connectivity index (χ1v) is 5.99. The van der Waals surface area contributed by atoms with Gasteiger partial charge in [0, 0.05) is 0 Å². The van der Waals surface area contributed by atoms with Gasteiger partial charge in [-0.15, -0.1) is 0 Å².